The molecule has 1 saturated carbocycles. The van der Waals surface area contributed by atoms with E-state index in [4.69, 9.17) is 4.43 Å². The molecule has 0 aliphatic heterocycles. The molecule has 0 unspecified atom stereocenters. The summed E-state index contributed by atoms with van der Waals surface area (Å²) in [5.41, 5.74) is 7.49. The van der Waals surface area contributed by atoms with Gasteiger partial charge in [-0.3, -0.25) is 0 Å². The van der Waals surface area contributed by atoms with Crippen LogP contribution >= 0.6 is 0 Å². The Kier molecular flexibility index (Phi) is 5.89. The van der Waals surface area contributed by atoms with Gasteiger partial charge in [0.05, 0.1) is 0 Å². The third-order valence-electron chi connectivity index (χ3n) is 7.72. The number of nitrogens with zero attached hydrogens (tertiary/aromatic N) is 1. The van der Waals surface area contributed by atoms with Crippen LogP contribution in [0.25, 0.3) is 0 Å². The Morgan fingerprint density at radius 2 is 1.80 bits per heavy atom. The van der Waals surface area contributed by atoms with Crippen molar-refractivity contribution in [2.75, 3.05) is 0 Å². The molecule has 0 saturated heterocycles. The van der Waals surface area contributed by atoms with Crippen LogP contribution in [0, 0.1) is 0 Å². The highest BCUT2D eigenvalue weighted by Crippen LogP contribution is 2.46. The first-order chi connectivity index (χ1) is 14.2. The Labute approximate surface area is 184 Å². The molecule has 0 amide bonds. The van der Waals surface area contributed by atoms with Crippen LogP contribution in [0.4, 0.5) is 0 Å². The molecule has 0 N–H and O–H groups in total. The van der Waals surface area contributed by atoms with E-state index < -0.39 is 8.32 Å². The molecule has 1 fully saturated rings. The van der Waals surface area contributed by atoms with E-state index in [1.807, 2.05) is 0 Å². The summed E-state index contributed by atoms with van der Waals surface area (Å²) in [5.74, 6) is 0.435. The van der Waals surface area contributed by atoms with E-state index in [-0.39, 0.29) is 5.04 Å². The predicted molar refractivity (Wildman–Crippen MR) is 130 cm³/mol. The zero-order valence-electron chi connectivity index (χ0n) is 19.6. The van der Waals surface area contributed by atoms with Crippen LogP contribution in [-0.4, -0.2) is 19.0 Å². The summed E-state index contributed by atoms with van der Waals surface area (Å²) in [4.78, 5) is 0. The van der Waals surface area contributed by atoms with Gasteiger partial charge < -0.3 is 8.99 Å². The largest absolute Gasteiger partial charge is 0.414 e. The highest BCUT2D eigenvalue weighted by atomic mass is 28.4. The van der Waals surface area contributed by atoms with E-state index in [0.717, 1.165) is 19.4 Å². The zero-order chi connectivity index (χ0) is 21.5. The molecule has 2 aromatic rings. The summed E-state index contributed by atoms with van der Waals surface area (Å²) in [6, 6.07) is 10.9. The number of hydrogen-bond acceptors (Lipinski definition) is 1. The van der Waals surface area contributed by atoms with Crippen molar-refractivity contribution in [2.24, 2.45) is 0 Å². The van der Waals surface area contributed by atoms with Gasteiger partial charge in [0.15, 0.2) is 8.32 Å². The van der Waals surface area contributed by atoms with E-state index in [2.05, 4.69) is 81.5 Å². The first kappa shape index (κ1) is 21.6. The molecule has 1 heterocycles. The third kappa shape index (κ3) is 4.24. The molecule has 0 spiro atoms. The fourth-order valence-electron chi connectivity index (χ4n) is 5.05. The minimum Gasteiger partial charge on any atom is -0.414 e. The number of hydrogen-bond donors (Lipinski definition) is 0. The van der Waals surface area contributed by atoms with Crippen LogP contribution in [-0.2, 0) is 23.8 Å². The summed E-state index contributed by atoms with van der Waals surface area (Å²) < 4.78 is 9.38. The van der Waals surface area contributed by atoms with Crippen molar-refractivity contribution in [3.8, 4) is 0 Å². The van der Waals surface area contributed by atoms with E-state index >= 15 is 0 Å². The SMILES string of the molecule is C=C1C[C@H](O[Si](C)(C)C(C)(C)C)C[C@H]1c1c2c(cn1Cc1ccccc1)CCCC2. The molecule has 2 atom stereocenters. The molecule has 1 aromatic carbocycles. The molecule has 2 aliphatic rings. The standard InChI is InChI=1S/C27H39NOSi/c1-20-16-23(29-30(5,6)27(2,3)4)17-25(20)26-24-15-11-10-14-22(24)19-28(26)18-21-12-8-7-9-13-21/h7-9,12-13,19,23,25H,1,10-11,14-18H2,2-6H3/t23-,25+/m0/s1. The maximum Gasteiger partial charge on any atom is 0.192 e. The van der Waals surface area contributed by atoms with Crippen molar-refractivity contribution in [3.63, 3.8) is 0 Å². The monoisotopic (exact) mass is 421 g/mol. The lowest BCUT2D eigenvalue weighted by Gasteiger charge is -2.38. The second-order valence-electron chi connectivity index (χ2n) is 11.0. The Hall–Kier alpha value is -1.58. The highest BCUT2D eigenvalue weighted by molar-refractivity contribution is 6.74. The second-order valence-corrected chi connectivity index (χ2v) is 15.7. The maximum atomic E-state index is 6.83. The number of fused-ring (bicyclic) bond motifs is 1. The van der Waals surface area contributed by atoms with Crippen molar-refractivity contribution in [1.29, 1.82) is 0 Å². The molecule has 162 valence electrons. The summed E-state index contributed by atoms with van der Waals surface area (Å²) in [6.07, 6.45) is 9.98. The van der Waals surface area contributed by atoms with Crippen LogP contribution in [0.1, 0.15) is 74.8 Å². The summed E-state index contributed by atoms with van der Waals surface area (Å²) >= 11 is 0. The molecule has 1 aromatic heterocycles. The lowest BCUT2D eigenvalue weighted by Crippen LogP contribution is -2.43. The van der Waals surface area contributed by atoms with Crippen LogP contribution in [0.3, 0.4) is 0 Å². The van der Waals surface area contributed by atoms with Gasteiger partial charge in [-0.15, -0.1) is 0 Å². The van der Waals surface area contributed by atoms with Crippen molar-refractivity contribution >= 4 is 8.32 Å². The molecule has 3 heteroatoms. The van der Waals surface area contributed by atoms with Crippen LogP contribution in [0.15, 0.2) is 48.7 Å². The molecular formula is C27H39NOSi. The topological polar surface area (TPSA) is 14.2 Å². The number of aromatic nitrogens is 1. The molecule has 4 rings (SSSR count). The first-order valence-electron chi connectivity index (χ1n) is 11.8. The van der Waals surface area contributed by atoms with Gasteiger partial charge in [-0.2, -0.15) is 0 Å². The van der Waals surface area contributed by atoms with Crippen LogP contribution in [0.2, 0.25) is 18.1 Å². The minimum absolute atomic E-state index is 0.249. The number of aryl methyl sites for hydroxylation is 1. The smallest absolute Gasteiger partial charge is 0.192 e. The molecule has 30 heavy (non-hydrogen) atoms. The van der Waals surface area contributed by atoms with Crippen molar-refractivity contribution in [2.45, 2.75) is 96.0 Å². The normalized spacial score (nSPS) is 22.4. The Bertz CT molecular complexity index is 903. The summed E-state index contributed by atoms with van der Waals surface area (Å²) in [5, 5.41) is 0.249. The van der Waals surface area contributed by atoms with Crippen molar-refractivity contribution < 1.29 is 4.43 Å². The summed E-state index contributed by atoms with van der Waals surface area (Å²) in [6.45, 7) is 17.3. The third-order valence-corrected chi connectivity index (χ3v) is 12.3. The van der Waals surface area contributed by atoms with Crippen molar-refractivity contribution in [3.05, 3.63) is 71.1 Å². The maximum absolute atomic E-state index is 6.83. The van der Waals surface area contributed by atoms with Crippen LogP contribution in [0.5, 0.6) is 0 Å². The fourth-order valence-corrected chi connectivity index (χ4v) is 6.42. The van der Waals surface area contributed by atoms with Gasteiger partial charge in [0.25, 0.3) is 0 Å². The van der Waals surface area contributed by atoms with Gasteiger partial charge in [-0.05, 0) is 73.3 Å². The Morgan fingerprint density at radius 1 is 1.10 bits per heavy atom. The average molecular weight is 422 g/mol. The van der Waals surface area contributed by atoms with Gasteiger partial charge >= 0.3 is 0 Å². The fraction of sp³-hybridized carbons (Fsp3) is 0.556. The molecular weight excluding hydrogens is 382 g/mol. The average Bonchev–Trinajstić information content (AvgIpc) is 3.20. The van der Waals surface area contributed by atoms with Gasteiger partial charge in [0.1, 0.15) is 0 Å². The van der Waals surface area contributed by atoms with E-state index in [1.54, 1.807) is 16.8 Å². The first-order valence-corrected chi connectivity index (χ1v) is 14.7. The summed E-state index contributed by atoms with van der Waals surface area (Å²) in [7, 11) is -1.76. The van der Waals surface area contributed by atoms with Crippen molar-refractivity contribution in [1.82, 2.24) is 4.57 Å². The molecule has 2 nitrogen and oxygen atoms in total. The lowest BCUT2D eigenvalue weighted by molar-refractivity contribution is 0.188. The van der Waals surface area contributed by atoms with Gasteiger partial charge in [-0.25, -0.2) is 0 Å². The van der Waals surface area contributed by atoms with E-state index in [9.17, 15) is 0 Å². The minimum atomic E-state index is -1.76. The molecule has 0 bridgehead atoms. The van der Waals surface area contributed by atoms with E-state index in [0.29, 0.717) is 12.0 Å². The molecule has 2 aliphatic carbocycles. The van der Waals surface area contributed by atoms with E-state index in [1.165, 1.54) is 36.8 Å². The number of rotatable bonds is 5. The van der Waals surface area contributed by atoms with Gasteiger partial charge in [-0.1, -0.05) is 63.3 Å². The Balaban J connectivity index is 1.63. The zero-order valence-corrected chi connectivity index (χ0v) is 20.6. The quantitative estimate of drug-likeness (QED) is 0.366. The Morgan fingerprint density at radius 3 is 2.50 bits per heavy atom. The predicted octanol–water partition coefficient (Wildman–Crippen LogP) is 7.24. The van der Waals surface area contributed by atoms with Gasteiger partial charge in [0.2, 0.25) is 0 Å². The second kappa shape index (κ2) is 8.16. The lowest BCUT2D eigenvalue weighted by atomic mass is 9.88. The van der Waals surface area contributed by atoms with Gasteiger partial charge in [0, 0.05) is 30.5 Å². The molecule has 0 radical (unpaired) electrons. The highest BCUT2D eigenvalue weighted by Gasteiger charge is 2.42. The van der Waals surface area contributed by atoms with Crippen LogP contribution < -0.4 is 0 Å². The number of benzene rings is 1.